The summed E-state index contributed by atoms with van der Waals surface area (Å²) in [7, 11) is 0. The minimum Gasteiger partial charge on any atom is -0.454 e. The zero-order valence-corrected chi connectivity index (χ0v) is 8.51. The van der Waals surface area contributed by atoms with Gasteiger partial charge in [0.05, 0.1) is 0 Å². The van der Waals surface area contributed by atoms with Gasteiger partial charge in [0, 0.05) is 5.39 Å². The molecule has 0 amide bonds. The third-order valence-corrected chi connectivity index (χ3v) is 2.41. The number of oxazole rings is 1. The molecule has 1 N–H and O–H groups in total. The van der Waals surface area contributed by atoms with E-state index in [1.165, 1.54) is 0 Å². The van der Waals surface area contributed by atoms with Crippen LogP contribution in [0.1, 0.15) is 0 Å². The Morgan fingerprint density at radius 2 is 2.07 bits per heavy atom. The van der Waals surface area contributed by atoms with E-state index in [-0.39, 0.29) is 0 Å². The number of aromatic amines is 1. The minimum atomic E-state index is 0.352. The second-order valence-electron chi connectivity index (χ2n) is 3.21. The molecule has 1 aromatic carbocycles. The standard InChI is InChI=1S/C11H7NO2S/c15-11-12-8(6-13-11)10-5-7-3-1-2-4-9(7)14-10/h1-6H,(H,12,15). The van der Waals surface area contributed by atoms with Gasteiger partial charge >= 0.3 is 0 Å². The number of H-pyrrole nitrogens is 1. The Morgan fingerprint density at radius 1 is 1.20 bits per heavy atom. The molecule has 15 heavy (non-hydrogen) atoms. The summed E-state index contributed by atoms with van der Waals surface area (Å²) in [5.41, 5.74) is 1.62. The highest BCUT2D eigenvalue weighted by Crippen LogP contribution is 2.26. The molecule has 0 fully saturated rings. The number of aromatic nitrogens is 1. The van der Waals surface area contributed by atoms with Crippen LogP contribution in [-0.4, -0.2) is 4.98 Å². The third-order valence-electron chi connectivity index (χ3n) is 2.21. The number of hydrogen-bond donors (Lipinski definition) is 1. The quantitative estimate of drug-likeness (QED) is 0.631. The SMILES string of the molecule is S=c1[nH]c(-c2cc3ccccc3o2)co1. The van der Waals surface area contributed by atoms with Gasteiger partial charge in [-0.15, -0.1) is 0 Å². The summed E-state index contributed by atoms with van der Waals surface area (Å²) in [6, 6.07) is 9.78. The van der Waals surface area contributed by atoms with Crippen LogP contribution in [0.4, 0.5) is 0 Å². The lowest BCUT2D eigenvalue weighted by molar-refractivity contribution is 0.540. The number of hydrogen-bond acceptors (Lipinski definition) is 3. The average molecular weight is 217 g/mol. The van der Waals surface area contributed by atoms with Crippen LogP contribution in [0.15, 0.2) is 45.4 Å². The first kappa shape index (κ1) is 8.49. The van der Waals surface area contributed by atoms with Crippen LogP contribution < -0.4 is 0 Å². The van der Waals surface area contributed by atoms with Crippen molar-refractivity contribution in [3.05, 3.63) is 41.4 Å². The van der Waals surface area contributed by atoms with Gasteiger partial charge in [-0.3, -0.25) is 0 Å². The van der Waals surface area contributed by atoms with Gasteiger partial charge in [0.2, 0.25) is 0 Å². The van der Waals surface area contributed by atoms with E-state index in [4.69, 9.17) is 21.1 Å². The van der Waals surface area contributed by atoms with E-state index in [1.54, 1.807) is 6.26 Å². The Morgan fingerprint density at radius 3 is 2.80 bits per heavy atom. The molecule has 0 atom stereocenters. The fourth-order valence-corrected chi connectivity index (χ4v) is 1.67. The van der Waals surface area contributed by atoms with E-state index in [9.17, 15) is 0 Å². The molecule has 0 bridgehead atoms. The highest BCUT2D eigenvalue weighted by atomic mass is 32.1. The van der Waals surface area contributed by atoms with Crippen LogP contribution in [-0.2, 0) is 0 Å². The Labute approximate surface area is 90.3 Å². The number of rotatable bonds is 1. The summed E-state index contributed by atoms with van der Waals surface area (Å²) in [4.78, 5) is 3.26. The zero-order valence-electron chi connectivity index (χ0n) is 7.69. The van der Waals surface area contributed by atoms with Crippen molar-refractivity contribution in [2.45, 2.75) is 0 Å². The van der Waals surface area contributed by atoms with E-state index in [0.29, 0.717) is 4.84 Å². The van der Waals surface area contributed by atoms with Gasteiger partial charge < -0.3 is 13.8 Å². The summed E-state index contributed by atoms with van der Waals surface area (Å²) in [5, 5.41) is 1.06. The van der Waals surface area contributed by atoms with Crippen LogP contribution in [0, 0.1) is 4.84 Å². The smallest absolute Gasteiger partial charge is 0.266 e. The van der Waals surface area contributed by atoms with Crippen molar-refractivity contribution in [1.82, 2.24) is 4.98 Å². The predicted molar refractivity (Wildman–Crippen MR) is 59.1 cm³/mol. The summed E-state index contributed by atoms with van der Waals surface area (Å²) >= 11 is 4.85. The Hall–Kier alpha value is -1.81. The summed E-state index contributed by atoms with van der Waals surface area (Å²) in [6.07, 6.45) is 1.56. The molecule has 0 aliphatic heterocycles. The van der Waals surface area contributed by atoms with Crippen molar-refractivity contribution in [1.29, 1.82) is 0 Å². The van der Waals surface area contributed by atoms with E-state index in [2.05, 4.69) is 4.98 Å². The topological polar surface area (TPSA) is 42.1 Å². The third kappa shape index (κ3) is 1.39. The molecule has 0 unspecified atom stereocenters. The summed E-state index contributed by atoms with van der Waals surface area (Å²) < 4.78 is 10.6. The molecule has 74 valence electrons. The lowest BCUT2D eigenvalue weighted by atomic mass is 10.2. The maximum absolute atomic E-state index is 5.63. The Balaban J connectivity index is 2.24. The van der Waals surface area contributed by atoms with Crippen LogP contribution in [0.2, 0.25) is 0 Å². The summed E-state index contributed by atoms with van der Waals surface area (Å²) in [6.45, 7) is 0. The van der Waals surface area contributed by atoms with Crippen LogP contribution in [0.5, 0.6) is 0 Å². The van der Waals surface area contributed by atoms with E-state index < -0.39 is 0 Å². The van der Waals surface area contributed by atoms with Gasteiger partial charge in [0.25, 0.3) is 4.84 Å². The van der Waals surface area contributed by atoms with Crippen molar-refractivity contribution in [3.63, 3.8) is 0 Å². The first-order valence-electron chi connectivity index (χ1n) is 4.50. The number of fused-ring (bicyclic) bond motifs is 1. The largest absolute Gasteiger partial charge is 0.454 e. The Kier molecular flexibility index (Phi) is 1.76. The number of benzene rings is 1. The molecule has 3 rings (SSSR count). The van der Waals surface area contributed by atoms with Crippen LogP contribution >= 0.6 is 12.2 Å². The van der Waals surface area contributed by atoms with Crippen molar-refractivity contribution >= 4 is 23.2 Å². The fraction of sp³-hybridized carbons (Fsp3) is 0. The normalized spacial score (nSPS) is 10.9. The molecule has 2 heterocycles. The molecule has 0 spiro atoms. The Bertz CT molecular complexity index is 629. The summed E-state index contributed by atoms with van der Waals surface area (Å²) in [5.74, 6) is 0.732. The molecule has 3 aromatic rings. The lowest BCUT2D eigenvalue weighted by Crippen LogP contribution is -1.69. The molecule has 0 aliphatic carbocycles. The minimum absolute atomic E-state index is 0.352. The highest BCUT2D eigenvalue weighted by Gasteiger charge is 2.07. The second-order valence-corrected chi connectivity index (χ2v) is 3.58. The van der Waals surface area contributed by atoms with E-state index in [1.807, 2.05) is 30.3 Å². The molecule has 0 radical (unpaired) electrons. The van der Waals surface area contributed by atoms with Gasteiger partial charge in [-0.2, -0.15) is 0 Å². The lowest BCUT2D eigenvalue weighted by Gasteiger charge is -1.86. The van der Waals surface area contributed by atoms with Crippen molar-refractivity contribution in [3.8, 4) is 11.5 Å². The van der Waals surface area contributed by atoms with E-state index in [0.717, 1.165) is 22.4 Å². The van der Waals surface area contributed by atoms with Gasteiger partial charge in [0.1, 0.15) is 17.5 Å². The maximum atomic E-state index is 5.63. The maximum Gasteiger partial charge on any atom is 0.266 e. The predicted octanol–water partition coefficient (Wildman–Crippen LogP) is 3.75. The van der Waals surface area contributed by atoms with Crippen LogP contribution in [0.3, 0.4) is 0 Å². The zero-order chi connectivity index (χ0) is 10.3. The number of nitrogens with one attached hydrogen (secondary N) is 1. The molecule has 0 aliphatic rings. The molecule has 4 heteroatoms. The molecular formula is C11H7NO2S. The van der Waals surface area contributed by atoms with Gasteiger partial charge in [-0.1, -0.05) is 18.2 Å². The average Bonchev–Trinajstić information content (AvgIpc) is 2.82. The highest BCUT2D eigenvalue weighted by molar-refractivity contribution is 7.71. The molecule has 2 aromatic heterocycles. The van der Waals surface area contributed by atoms with Crippen molar-refractivity contribution in [2.75, 3.05) is 0 Å². The fourth-order valence-electron chi connectivity index (χ4n) is 1.52. The van der Waals surface area contributed by atoms with E-state index >= 15 is 0 Å². The second kappa shape index (κ2) is 3.10. The van der Waals surface area contributed by atoms with Gasteiger partial charge in [-0.05, 0) is 24.4 Å². The van der Waals surface area contributed by atoms with Gasteiger partial charge in [0.15, 0.2) is 5.76 Å². The van der Waals surface area contributed by atoms with Crippen molar-refractivity contribution < 1.29 is 8.83 Å². The number of para-hydroxylation sites is 1. The molecule has 0 saturated carbocycles. The van der Waals surface area contributed by atoms with Gasteiger partial charge in [-0.25, -0.2) is 0 Å². The van der Waals surface area contributed by atoms with Crippen molar-refractivity contribution in [2.24, 2.45) is 0 Å². The monoisotopic (exact) mass is 217 g/mol. The van der Waals surface area contributed by atoms with Crippen LogP contribution in [0.25, 0.3) is 22.4 Å². The molecule has 3 nitrogen and oxygen atoms in total. The molecule has 0 saturated heterocycles. The number of furan rings is 1. The first-order valence-corrected chi connectivity index (χ1v) is 4.90. The first-order chi connectivity index (χ1) is 7.33. The molecular weight excluding hydrogens is 210 g/mol.